The Morgan fingerprint density at radius 2 is 1.93 bits per heavy atom. The van der Waals surface area contributed by atoms with E-state index in [-0.39, 0.29) is 11.8 Å². The van der Waals surface area contributed by atoms with Crippen LogP contribution in [0.5, 0.6) is 0 Å². The van der Waals surface area contributed by atoms with E-state index in [2.05, 4.69) is 15.0 Å². The summed E-state index contributed by atoms with van der Waals surface area (Å²) >= 11 is 1.29. The third kappa shape index (κ3) is 4.20. The minimum Gasteiger partial charge on any atom is -0.469 e. The van der Waals surface area contributed by atoms with Gasteiger partial charge < -0.3 is 15.1 Å². The Hall–Kier alpha value is -3.45. The Morgan fingerprint density at radius 1 is 1.07 bits per heavy atom. The molecule has 2 amide bonds. The van der Waals surface area contributed by atoms with E-state index in [1.807, 2.05) is 49.4 Å². The number of carbonyl (C=O) groups is 2. The molecule has 29 heavy (non-hydrogen) atoms. The molecule has 6 nitrogen and oxygen atoms in total. The van der Waals surface area contributed by atoms with Gasteiger partial charge in [-0.15, -0.1) is 0 Å². The SMILES string of the molecule is Cc1ccc(C(=O)NCCc2ccco2)cc1NC(=O)c1nsc2ccccc12. The largest absolute Gasteiger partial charge is 0.469 e. The first kappa shape index (κ1) is 18.9. The van der Waals surface area contributed by atoms with Crippen molar-refractivity contribution < 1.29 is 14.0 Å². The monoisotopic (exact) mass is 405 g/mol. The van der Waals surface area contributed by atoms with Crippen LogP contribution in [0.15, 0.2) is 65.3 Å². The molecule has 0 radical (unpaired) electrons. The fourth-order valence-electron chi connectivity index (χ4n) is 2.99. The van der Waals surface area contributed by atoms with E-state index in [9.17, 15) is 9.59 Å². The number of fused-ring (bicyclic) bond motifs is 1. The zero-order valence-electron chi connectivity index (χ0n) is 15.8. The predicted octanol–water partition coefficient (Wildman–Crippen LogP) is 4.42. The van der Waals surface area contributed by atoms with E-state index in [0.717, 1.165) is 21.4 Å². The first-order valence-corrected chi connectivity index (χ1v) is 9.96. The summed E-state index contributed by atoms with van der Waals surface area (Å²) in [4.78, 5) is 25.2. The van der Waals surface area contributed by atoms with Gasteiger partial charge in [-0.25, -0.2) is 0 Å². The van der Waals surface area contributed by atoms with Crippen LogP contribution in [0.2, 0.25) is 0 Å². The summed E-state index contributed by atoms with van der Waals surface area (Å²) < 4.78 is 10.5. The van der Waals surface area contributed by atoms with Crippen LogP contribution in [0.25, 0.3) is 10.1 Å². The second-order valence-corrected chi connectivity index (χ2v) is 7.40. The van der Waals surface area contributed by atoms with Crippen molar-refractivity contribution in [3.63, 3.8) is 0 Å². The average molecular weight is 405 g/mol. The number of furan rings is 1. The summed E-state index contributed by atoms with van der Waals surface area (Å²) in [7, 11) is 0. The molecular weight excluding hydrogens is 386 g/mol. The summed E-state index contributed by atoms with van der Waals surface area (Å²) in [6, 6.07) is 16.5. The van der Waals surface area contributed by atoms with E-state index >= 15 is 0 Å². The molecule has 0 aliphatic heterocycles. The summed E-state index contributed by atoms with van der Waals surface area (Å²) in [5.74, 6) is 0.324. The zero-order chi connectivity index (χ0) is 20.2. The lowest BCUT2D eigenvalue weighted by Gasteiger charge is -2.10. The van der Waals surface area contributed by atoms with E-state index in [0.29, 0.717) is 29.9 Å². The number of carbonyl (C=O) groups excluding carboxylic acids is 2. The standard InChI is InChI=1S/C22H19N3O3S/c1-14-8-9-15(21(26)23-11-10-16-5-4-12-28-16)13-18(14)24-22(27)20-17-6-2-3-7-19(17)29-25-20/h2-9,12-13H,10-11H2,1H3,(H,23,26)(H,24,27). The lowest BCUT2D eigenvalue weighted by molar-refractivity contribution is 0.0952. The Bertz CT molecular complexity index is 1170. The Kier molecular flexibility index (Phi) is 5.39. The highest BCUT2D eigenvalue weighted by molar-refractivity contribution is 7.13. The molecule has 0 fully saturated rings. The molecule has 0 saturated carbocycles. The van der Waals surface area contributed by atoms with Crippen molar-refractivity contribution in [1.29, 1.82) is 0 Å². The van der Waals surface area contributed by atoms with Crippen LogP contribution >= 0.6 is 11.5 Å². The molecule has 0 spiro atoms. The molecule has 2 heterocycles. The van der Waals surface area contributed by atoms with E-state index in [1.165, 1.54) is 11.5 Å². The van der Waals surface area contributed by atoms with Crippen molar-refractivity contribution >= 4 is 39.1 Å². The van der Waals surface area contributed by atoms with Gasteiger partial charge in [0.25, 0.3) is 11.8 Å². The molecule has 0 atom stereocenters. The number of hydrogen-bond donors (Lipinski definition) is 2. The van der Waals surface area contributed by atoms with Gasteiger partial charge in [-0.2, -0.15) is 4.37 Å². The first-order valence-electron chi connectivity index (χ1n) is 9.19. The molecule has 2 N–H and O–H groups in total. The molecule has 4 rings (SSSR count). The van der Waals surface area contributed by atoms with Gasteiger partial charge in [0.2, 0.25) is 0 Å². The van der Waals surface area contributed by atoms with Crippen molar-refractivity contribution in [2.75, 3.05) is 11.9 Å². The topological polar surface area (TPSA) is 84.2 Å². The minimum atomic E-state index is -0.291. The second kappa shape index (κ2) is 8.28. The van der Waals surface area contributed by atoms with Crippen LogP contribution in [-0.2, 0) is 6.42 Å². The summed E-state index contributed by atoms with van der Waals surface area (Å²) in [6.07, 6.45) is 2.22. The maximum Gasteiger partial charge on any atom is 0.276 e. The number of nitrogens with one attached hydrogen (secondary N) is 2. The van der Waals surface area contributed by atoms with Crippen LogP contribution in [-0.4, -0.2) is 22.7 Å². The average Bonchev–Trinajstić information content (AvgIpc) is 3.39. The molecule has 2 aromatic carbocycles. The Labute approximate surface area is 171 Å². The maximum atomic E-state index is 12.7. The van der Waals surface area contributed by atoms with Crippen LogP contribution in [0.4, 0.5) is 5.69 Å². The third-order valence-electron chi connectivity index (χ3n) is 4.58. The van der Waals surface area contributed by atoms with Gasteiger partial charge in [0, 0.05) is 29.6 Å². The van der Waals surface area contributed by atoms with Gasteiger partial charge in [0.1, 0.15) is 11.5 Å². The summed E-state index contributed by atoms with van der Waals surface area (Å²) in [5, 5.41) is 6.57. The molecule has 146 valence electrons. The van der Waals surface area contributed by atoms with Gasteiger partial charge in [0.15, 0.2) is 0 Å². The van der Waals surface area contributed by atoms with Gasteiger partial charge in [0.05, 0.1) is 11.0 Å². The van der Waals surface area contributed by atoms with Crippen molar-refractivity contribution in [2.45, 2.75) is 13.3 Å². The number of hydrogen-bond acceptors (Lipinski definition) is 5. The van der Waals surface area contributed by atoms with Crippen molar-refractivity contribution in [3.8, 4) is 0 Å². The molecule has 0 aliphatic rings. The normalized spacial score (nSPS) is 10.8. The van der Waals surface area contributed by atoms with Crippen LogP contribution in [0, 0.1) is 6.92 Å². The van der Waals surface area contributed by atoms with E-state index < -0.39 is 0 Å². The number of aromatic nitrogens is 1. The van der Waals surface area contributed by atoms with Crippen LogP contribution in [0.1, 0.15) is 32.2 Å². The number of aryl methyl sites for hydroxylation is 1. The van der Waals surface area contributed by atoms with Crippen molar-refractivity contribution in [2.24, 2.45) is 0 Å². The molecule has 7 heteroatoms. The van der Waals surface area contributed by atoms with Gasteiger partial charge in [-0.1, -0.05) is 24.3 Å². The number of rotatable bonds is 6. The zero-order valence-corrected chi connectivity index (χ0v) is 16.6. The summed E-state index contributed by atoms with van der Waals surface area (Å²) in [6.45, 7) is 2.35. The van der Waals surface area contributed by atoms with Crippen molar-refractivity contribution in [3.05, 3.63) is 83.4 Å². The highest BCUT2D eigenvalue weighted by Gasteiger charge is 2.16. The second-order valence-electron chi connectivity index (χ2n) is 6.60. The molecule has 0 bridgehead atoms. The first-order chi connectivity index (χ1) is 14.1. The number of amides is 2. The maximum absolute atomic E-state index is 12.7. The van der Waals surface area contributed by atoms with Gasteiger partial charge in [-0.3, -0.25) is 9.59 Å². The molecule has 4 aromatic rings. The highest BCUT2D eigenvalue weighted by atomic mass is 32.1. The molecule has 0 saturated heterocycles. The smallest absolute Gasteiger partial charge is 0.276 e. The number of benzene rings is 2. The third-order valence-corrected chi connectivity index (χ3v) is 5.40. The van der Waals surface area contributed by atoms with Gasteiger partial charge >= 0.3 is 0 Å². The van der Waals surface area contributed by atoms with Gasteiger partial charge in [-0.05, 0) is 54.4 Å². The highest BCUT2D eigenvalue weighted by Crippen LogP contribution is 2.24. The fourth-order valence-corrected chi connectivity index (χ4v) is 3.76. The molecular formula is C22H19N3O3S. The van der Waals surface area contributed by atoms with E-state index in [4.69, 9.17) is 4.42 Å². The lowest BCUT2D eigenvalue weighted by atomic mass is 10.1. The molecule has 0 aliphatic carbocycles. The fraction of sp³-hybridized carbons (Fsp3) is 0.136. The van der Waals surface area contributed by atoms with Crippen LogP contribution < -0.4 is 10.6 Å². The molecule has 0 unspecified atom stereocenters. The van der Waals surface area contributed by atoms with Crippen molar-refractivity contribution in [1.82, 2.24) is 9.69 Å². The quantitative estimate of drug-likeness (QED) is 0.497. The predicted molar refractivity (Wildman–Crippen MR) is 113 cm³/mol. The Balaban J connectivity index is 1.46. The molecule has 2 aromatic heterocycles. The number of anilines is 1. The minimum absolute atomic E-state index is 0.203. The number of nitrogens with zero attached hydrogens (tertiary/aromatic N) is 1. The Morgan fingerprint density at radius 3 is 2.76 bits per heavy atom. The summed E-state index contributed by atoms with van der Waals surface area (Å²) in [5.41, 5.74) is 2.32. The van der Waals surface area contributed by atoms with Crippen LogP contribution in [0.3, 0.4) is 0 Å². The van der Waals surface area contributed by atoms with E-state index in [1.54, 1.807) is 18.4 Å². The lowest BCUT2D eigenvalue weighted by Crippen LogP contribution is -2.25.